The van der Waals surface area contributed by atoms with E-state index in [9.17, 15) is 9.59 Å². The van der Waals surface area contributed by atoms with Gasteiger partial charge >= 0.3 is 5.97 Å². The lowest BCUT2D eigenvalue weighted by atomic mass is 10.1. The van der Waals surface area contributed by atoms with Crippen LogP contribution in [0, 0.1) is 12.8 Å². The van der Waals surface area contributed by atoms with Crippen molar-refractivity contribution in [2.45, 2.75) is 20.8 Å². The fourth-order valence-corrected chi connectivity index (χ4v) is 2.94. The van der Waals surface area contributed by atoms with E-state index in [0.29, 0.717) is 12.1 Å². The molecule has 1 N–H and O–H groups in total. The van der Waals surface area contributed by atoms with Crippen LogP contribution >= 0.6 is 11.3 Å². The Balaban J connectivity index is 2.28. The van der Waals surface area contributed by atoms with E-state index in [1.807, 2.05) is 32.2 Å². The first kappa shape index (κ1) is 17.1. The number of carboxylic acid groups (broad SMARTS) is 1. The molecule has 0 aliphatic rings. The number of benzene rings is 1. The fraction of sp³-hybridized carbons (Fsp3) is 0.353. The summed E-state index contributed by atoms with van der Waals surface area (Å²) >= 11 is 1.55. The molecule has 5 nitrogen and oxygen atoms in total. The lowest BCUT2D eigenvalue weighted by Gasteiger charge is -2.23. The summed E-state index contributed by atoms with van der Waals surface area (Å²) in [6.07, 6.45) is 0. The Kier molecular flexibility index (Phi) is 5.50. The second-order valence-electron chi connectivity index (χ2n) is 5.81. The zero-order valence-corrected chi connectivity index (χ0v) is 14.3. The quantitative estimate of drug-likeness (QED) is 0.881. The molecule has 1 aromatic heterocycles. The average Bonchev–Trinajstić information content (AvgIpc) is 2.91. The maximum absolute atomic E-state index is 12.6. The van der Waals surface area contributed by atoms with Crippen LogP contribution in [0.25, 0.3) is 11.3 Å². The third-order valence-corrected chi connectivity index (χ3v) is 4.00. The summed E-state index contributed by atoms with van der Waals surface area (Å²) in [5, 5.41) is 11.9. The van der Waals surface area contributed by atoms with Crippen LogP contribution in [-0.4, -0.2) is 40.0 Å². The van der Waals surface area contributed by atoms with Crippen molar-refractivity contribution in [3.05, 3.63) is 40.2 Å². The van der Waals surface area contributed by atoms with Gasteiger partial charge in [-0.05, 0) is 25.0 Å². The molecular formula is C17H20N2O3S. The van der Waals surface area contributed by atoms with Gasteiger partial charge in [0.05, 0.1) is 10.7 Å². The van der Waals surface area contributed by atoms with Crippen molar-refractivity contribution < 1.29 is 14.7 Å². The molecule has 0 aliphatic heterocycles. The molecule has 1 amide bonds. The normalized spacial score (nSPS) is 10.8. The molecule has 6 heteroatoms. The number of thiazole rings is 1. The second-order valence-corrected chi connectivity index (χ2v) is 6.87. The number of aliphatic carboxylic acids is 1. The van der Waals surface area contributed by atoms with Crippen molar-refractivity contribution >= 4 is 23.2 Å². The molecule has 2 aromatic rings. The van der Waals surface area contributed by atoms with Crippen molar-refractivity contribution in [1.29, 1.82) is 0 Å². The van der Waals surface area contributed by atoms with Crippen LogP contribution in [0.3, 0.4) is 0 Å². The van der Waals surface area contributed by atoms with E-state index in [1.165, 1.54) is 4.90 Å². The highest BCUT2D eigenvalue weighted by Gasteiger charge is 2.20. The minimum absolute atomic E-state index is 0.197. The first-order valence-corrected chi connectivity index (χ1v) is 8.28. The molecule has 0 bridgehead atoms. The zero-order valence-electron chi connectivity index (χ0n) is 13.4. The number of carboxylic acids is 1. The Morgan fingerprint density at radius 1 is 1.35 bits per heavy atom. The maximum Gasteiger partial charge on any atom is 0.323 e. The molecule has 0 saturated carbocycles. The lowest BCUT2D eigenvalue weighted by molar-refractivity contribution is -0.137. The molecule has 0 spiro atoms. The van der Waals surface area contributed by atoms with Crippen LogP contribution in [0.4, 0.5) is 0 Å². The summed E-state index contributed by atoms with van der Waals surface area (Å²) in [7, 11) is 0. The van der Waals surface area contributed by atoms with E-state index < -0.39 is 5.97 Å². The first-order valence-electron chi connectivity index (χ1n) is 7.40. The monoisotopic (exact) mass is 332 g/mol. The number of aryl methyl sites for hydroxylation is 1. The molecule has 0 aliphatic carbocycles. The number of aromatic nitrogens is 1. The highest BCUT2D eigenvalue weighted by Crippen LogP contribution is 2.23. The van der Waals surface area contributed by atoms with Crippen LogP contribution in [0.15, 0.2) is 29.6 Å². The molecule has 0 fully saturated rings. The van der Waals surface area contributed by atoms with Gasteiger partial charge in [0.25, 0.3) is 5.91 Å². The first-order chi connectivity index (χ1) is 10.9. The van der Waals surface area contributed by atoms with Crippen LogP contribution in [0.5, 0.6) is 0 Å². The number of rotatable bonds is 6. The van der Waals surface area contributed by atoms with Gasteiger partial charge in [-0.1, -0.05) is 26.0 Å². The maximum atomic E-state index is 12.6. The summed E-state index contributed by atoms with van der Waals surface area (Å²) in [4.78, 5) is 29.5. The molecule has 0 unspecified atom stereocenters. The topological polar surface area (TPSA) is 70.5 Å². The lowest BCUT2D eigenvalue weighted by Crippen LogP contribution is -2.38. The molecule has 1 heterocycles. The summed E-state index contributed by atoms with van der Waals surface area (Å²) in [5.74, 6) is -1.08. The Morgan fingerprint density at radius 2 is 2.09 bits per heavy atom. The van der Waals surface area contributed by atoms with Crippen molar-refractivity contribution in [2.24, 2.45) is 5.92 Å². The number of carbonyl (C=O) groups is 2. The van der Waals surface area contributed by atoms with Crippen LogP contribution < -0.4 is 0 Å². The summed E-state index contributed by atoms with van der Waals surface area (Å²) in [6, 6.07) is 7.17. The van der Waals surface area contributed by atoms with Gasteiger partial charge in [-0.15, -0.1) is 11.3 Å². The van der Waals surface area contributed by atoms with E-state index in [4.69, 9.17) is 5.11 Å². The Labute approximate surface area is 139 Å². The van der Waals surface area contributed by atoms with Crippen LogP contribution in [-0.2, 0) is 4.79 Å². The smallest absolute Gasteiger partial charge is 0.323 e. The number of nitrogens with zero attached hydrogens (tertiary/aromatic N) is 2. The van der Waals surface area contributed by atoms with Crippen LogP contribution in [0.2, 0.25) is 0 Å². The summed E-state index contributed by atoms with van der Waals surface area (Å²) in [5.41, 5.74) is 2.17. The van der Waals surface area contributed by atoms with Crippen molar-refractivity contribution in [3.8, 4) is 11.3 Å². The van der Waals surface area contributed by atoms with Crippen molar-refractivity contribution in [2.75, 3.05) is 13.1 Å². The molecule has 2 rings (SSSR count). The van der Waals surface area contributed by atoms with Gasteiger partial charge < -0.3 is 10.0 Å². The molecule has 0 saturated heterocycles. The van der Waals surface area contributed by atoms with Crippen molar-refractivity contribution in [3.63, 3.8) is 0 Å². The number of hydrogen-bond donors (Lipinski definition) is 1. The largest absolute Gasteiger partial charge is 0.480 e. The molecule has 23 heavy (non-hydrogen) atoms. The molecule has 1 aromatic carbocycles. The Bertz CT molecular complexity index is 709. The minimum Gasteiger partial charge on any atom is -0.480 e. The molecule has 122 valence electrons. The fourth-order valence-electron chi connectivity index (χ4n) is 2.31. The summed E-state index contributed by atoms with van der Waals surface area (Å²) < 4.78 is 0. The van der Waals surface area contributed by atoms with Gasteiger partial charge in [0.1, 0.15) is 6.54 Å². The third-order valence-electron chi connectivity index (χ3n) is 3.22. The predicted octanol–water partition coefficient (Wildman–Crippen LogP) is 3.30. The SMILES string of the molecule is Cc1nc(-c2cccc(C(=O)N(CC(=O)O)CC(C)C)c2)cs1. The number of hydrogen-bond acceptors (Lipinski definition) is 4. The van der Waals surface area contributed by atoms with Gasteiger partial charge in [0.2, 0.25) is 0 Å². The van der Waals surface area contributed by atoms with Gasteiger partial charge in [0, 0.05) is 23.1 Å². The predicted molar refractivity (Wildman–Crippen MR) is 90.7 cm³/mol. The number of carbonyl (C=O) groups excluding carboxylic acids is 1. The van der Waals surface area contributed by atoms with E-state index in [1.54, 1.807) is 29.5 Å². The summed E-state index contributed by atoms with van der Waals surface area (Å²) in [6.45, 7) is 5.95. The van der Waals surface area contributed by atoms with E-state index in [-0.39, 0.29) is 18.4 Å². The minimum atomic E-state index is -1.01. The Morgan fingerprint density at radius 3 is 2.65 bits per heavy atom. The zero-order chi connectivity index (χ0) is 17.0. The molecule has 0 radical (unpaired) electrons. The highest BCUT2D eigenvalue weighted by atomic mass is 32.1. The average molecular weight is 332 g/mol. The van der Waals surface area contributed by atoms with E-state index >= 15 is 0 Å². The molecule has 0 atom stereocenters. The van der Waals surface area contributed by atoms with Crippen molar-refractivity contribution in [1.82, 2.24) is 9.88 Å². The van der Waals surface area contributed by atoms with Gasteiger partial charge in [0.15, 0.2) is 0 Å². The highest BCUT2D eigenvalue weighted by molar-refractivity contribution is 7.09. The standard InChI is InChI=1S/C17H20N2O3S/c1-11(2)8-19(9-16(20)21)17(22)14-6-4-5-13(7-14)15-10-23-12(3)18-15/h4-7,10-11H,8-9H2,1-3H3,(H,20,21). The van der Waals surface area contributed by atoms with Gasteiger partial charge in [-0.3, -0.25) is 9.59 Å². The van der Waals surface area contributed by atoms with E-state index in [0.717, 1.165) is 16.3 Å². The van der Waals surface area contributed by atoms with E-state index in [2.05, 4.69) is 4.98 Å². The Hall–Kier alpha value is -2.21. The third kappa shape index (κ3) is 4.63. The van der Waals surface area contributed by atoms with Crippen LogP contribution in [0.1, 0.15) is 29.2 Å². The second kappa shape index (κ2) is 7.37. The number of amides is 1. The van der Waals surface area contributed by atoms with Gasteiger partial charge in [-0.25, -0.2) is 4.98 Å². The van der Waals surface area contributed by atoms with Gasteiger partial charge in [-0.2, -0.15) is 0 Å². The molecular weight excluding hydrogens is 312 g/mol.